The lowest BCUT2D eigenvalue weighted by atomic mass is 10.1. The lowest BCUT2D eigenvalue weighted by molar-refractivity contribution is -0.133. The van der Waals surface area contributed by atoms with Crippen molar-refractivity contribution in [2.24, 2.45) is 5.73 Å². The summed E-state index contributed by atoms with van der Waals surface area (Å²) in [5.41, 5.74) is 6.59. The minimum Gasteiger partial charge on any atom is -0.364 e. The second kappa shape index (κ2) is 11.5. The molecule has 2 atom stereocenters. The van der Waals surface area contributed by atoms with Gasteiger partial charge in [0.2, 0.25) is 0 Å². The number of unbranched alkanes of at least 4 members (excludes halogenated alkanes) is 1. The lowest BCUT2D eigenvalue weighted by Crippen LogP contribution is -2.43. The van der Waals surface area contributed by atoms with Gasteiger partial charge in [-0.3, -0.25) is 4.79 Å². The third-order valence-corrected chi connectivity index (χ3v) is 3.21. The molecule has 1 aromatic rings. The number of carbonyl (C=O) groups excluding carboxylic acids is 1. The summed E-state index contributed by atoms with van der Waals surface area (Å²) in [5.74, 6) is -0.107. The minimum absolute atomic E-state index is 0. The van der Waals surface area contributed by atoms with Crippen LogP contribution in [0.3, 0.4) is 0 Å². The summed E-state index contributed by atoms with van der Waals surface area (Å²) >= 11 is 0. The minimum atomic E-state index is -0.558. The highest BCUT2D eigenvalue weighted by molar-refractivity contribution is 5.85. The Morgan fingerprint density at radius 2 is 1.95 bits per heavy atom. The van der Waals surface area contributed by atoms with Gasteiger partial charge in [-0.2, -0.15) is 0 Å². The smallest absolute Gasteiger partial charge is 0.254 e. The van der Waals surface area contributed by atoms with Crippen LogP contribution >= 0.6 is 12.4 Å². The van der Waals surface area contributed by atoms with E-state index in [1.807, 2.05) is 37.3 Å². The molecule has 0 saturated carbocycles. The molecule has 120 valence electrons. The zero-order valence-corrected chi connectivity index (χ0v) is 13.7. The number of amides is 1. The Morgan fingerprint density at radius 1 is 1.29 bits per heavy atom. The molecular formula is C16H27ClN2O2. The van der Waals surface area contributed by atoms with E-state index in [-0.39, 0.29) is 24.4 Å². The Labute approximate surface area is 133 Å². The molecule has 0 aliphatic carbocycles. The summed E-state index contributed by atoms with van der Waals surface area (Å²) in [6.07, 6.45) is 2.51. The second-order valence-corrected chi connectivity index (χ2v) is 4.83. The molecule has 1 aromatic carbocycles. The van der Waals surface area contributed by atoms with E-state index in [4.69, 9.17) is 10.5 Å². The van der Waals surface area contributed by atoms with E-state index >= 15 is 0 Å². The van der Waals surface area contributed by atoms with E-state index in [0.717, 1.165) is 24.8 Å². The number of halogens is 1. The van der Waals surface area contributed by atoms with Crippen molar-refractivity contribution < 1.29 is 9.53 Å². The highest BCUT2D eigenvalue weighted by Crippen LogP contribution is 2.17. The summed E-state index contributed by atoms with van der Waals surface area (Å²) in [6.45, 7) is 4.97. The quantitative estimate of drug-likeness (QED) is 0.736. The highest BCUT2D eigenvalue weighted by Gasteiger charge is 2.22. The van der Waals surface area contributed by atoms with Gasteiger partial charge in [0, 0.05) is 19.2 Å². The molecule has 3 N–H and O–H groups in total. The van der Waals surface area contributed by atoms with Gasteiger partial charge in [-0.25, -0.2) is 0 Å². The second-order valence-electron chi connectivity index (χ2n) is 4.83. The molecule has 4 nitrogen and oxygen atoms in total. The average Bonchev–Trinajstić information content (AvgIpc) is 2.49. The van der Waals surface area contributed by atoms with Crippen LogP contribution in [-0.4, -0.2) is 25.1 Å². The van der Waals surface area contributed by atoms with Crippen molar-refractivity contribution in [2.75, 3.05) is 13.2 Å². The molecular weight excluding hydrogens is 288 g/mol. The predicted octanol–water partition coefficient (Wildman–Crippen LogP) is 2.82. The van der Waals surface area contributed by atoms with Crippen LogP contribution < -0.4 is 11.1 Å². The maximum absolute atomic E-state index is 12.4. The molecule has 1 rings (SSSR count). The Hall–Kier alpha value is -1.10. The first-order valence-corrected chi connectivity index (χ1v) is 7.39. The van der Waals surface area contributed by atoms with Crippen molar-refractivity contribution in [3.63, 3.8) is 0 Å². The number of rotatable bonds is 9. The molecule has 0 spiro atoms. The molecule has 2 unspecified atom stereocenters. The molecule has 0 aliphatic heterocycles. The lowest BCUT2D eigenvalue weighted by Gasteiger charge is -2.22. The number of hydrogen-bond acceptors (Lipinski definition) is 3. The van der Waals surface area contributed by atoms with E-state index < -0.39 is 6.10 Å². The molecule has 0 aromatic heterocycles. The third-order valence-electron chi connectivity index (χ3n) is 3.21. The average molecular weight is 315 g/mol. The summed E-state index contributed by atoms with van der Waals surface area (Å²) in [7, 11) is 0. The first-order chi connectivity index (χ1) is 9.72. The van der Waals surface area contributed by atoms with E-state index in [2.05, 4.69) is 12.2 Å². The topological polar surface area (TPSA) is 64.3 Å². The van der Waals surface area contributed by atoms with E-state index in [1.165, 1.54) is 0 Å². The van der Waals surface area contributed by atoms with Gasteiger partial charge in [-0.15, -0.1) is 12.4 Å². The summed E-state index contributed by atoms with van der Waals surface area (Å²) < 4.78 is 5.59. The zero-order chi connectivity index (χ0) is 14.8. The number of nitrogens with one attached hydrogen (secondary N) is 1. The number of benzene rings is 1. The van der Waals surface area contributed by atoms with Crippen molar-refractivity contribution in [3.05, 3.63) is 35.9 Å². The molecule has 0 aliphatic rings. The van der Waals surface area contributed by atoms with Crippen LogP contribution in [0.1, 0.15) is 44.8 Å². The van der Waals surface area contributed by atoms with E-state index in [9.17, 15) is 4.79 Å². The number of carbonyl (C=O) groups is 1. The first kappa shape index (κ1) is 19.9. The summed E-state index contributed by atoms with van der Waals surface area (Å²) in [6, 6.07) is 9.58. The number of hydrogen-bond donors (Lipinski definition) is 2. The number of ether oxygens (including phenoxy) is 1. The van der Waals surface area contributed by atoms with Gasteiger partial charge in [-0.1, -0.05) is 50.1 Å². The van der Waals surface area contributed by atoms with Crippen molar-refractivity contribution in [1.29, 1.82) is 0 Å². The van der Waals surface area contributed by atoms with Crippen molar-refractivity contribution in [3.8, 4) is 0 Å². The SMILES string of the molecule is CCCCC(CN)NC(=O)C(OCC)c1ccccc1.Cl. The van der Waals surface area contributed by atoms with Gasteiger partial charge in [0.15, 0.2) is 6.10 Å². The predicted molar refractivity (Wildman–Crippen MR) is 88.6 cm³/mol. The largest absolute Gasteiger partial charge is 0.364 e. The molecule has 21 heavy (non-hydrogen) atoms. The maximum Gasteiger partial charge on any atom is 0.254 e. The standard InChI is InChI=1S/C16H26N2O2.ClH/c1-3-5-11-14(12-17)18-16(19)15(20-4-2)13-9-7-6-8-10-13;/h6-10,14-15H,3-5,11-12,17H2,1-2H3,(H,18,19);1H. The third kappa shape index (κ3) is 6.93. The first-order valence-electron chi connectivity index (χ1n) is 7.39. The Balaban J connectivity index is 0.00000400. The van der Waals surface area contributed by atoms with Crippen LogP contribution in [0.15, 0.2) is 30.3 Å². The van der Waals surface area contributed by atoms with E-state index in [1.54, 1.807) is 0 Å². The van der Waals surface area contributed by atoms with Crippen LogP contribution in [-0.2, 0) is 9.53 Å². The van der Waals surface area contributed by atoms with Crippen LogP contribution in [0.2, 0.25) is 0 Å². The van der Waals surface area contributed by atoms with Crippen LogP contribution in [0.5, 0.6) is 0 Å². The van der Waals surface area contributed by atoms with Crippen molar-refractivity contribution >= 4 is 18.3 Å². The van der Waals surface area contributed by atoms with Gasteiger partial charge in [0.1, 0.15) is 0 Å². The fourth-order valence-electron chi connectivity index (χ4n) is 2.09. The highest BCUT2D eigenvalue weighted by atomic mass is 35.5. The molecule has 0 fully saturated rings. The Morgan fingerprint density at radius 3 is 2.48 bits per heavy atom. The molecule has 0 saturated heterocycles. The fraction of sp³-hybridized carbons (Fsp3) is 0.562. The van der Waals surface area contributed by atoms with Gasteiger partial charge >= 0.3 is 0 Å². The normalized spacial score (nSPS) is 13.1. The maximum atomic E-state index is 12.4. The monoisotopic (exact) mass is 314 g/mol. The molecule has 5 heteroatoms. The zero-order valence-electron chi connectivity index (χ0n) is 12.9. The molecule has 0 heterocycles. The van der Waals surface area contributed by atoms with Crippen LogP contribution in [0.25, 0.3) is 0 Å². The van der Waals surface area contributed by atoms with Crippen molar-refractivity contribution in [2.45, 2.75) is 45.3 Å². The molecule has 0 bridgehead atoms. The summed E-state index contributed by atoms with van der Waals surface area (Å²) in [4.78, 5) is 12.4. The van der Waals surface area contributed by atoms with Gasteiger partial charge in [-0.05, 0) is 18.9 Å². The van der Waals surface area contributed by atoms with Crippen molar-refractivity contribution in [1.82, 2.24) is 5.32 Å². The summed E-state index contributed by atoms with van der Waals surface area (Å²) in [5, 5.41) is 3.00. The van der Waals surface area contributed by atoms with Crippen LogP contribution in [0.4, 0.5) is 0 Å². The van der Waals surface area contributed by atoms with Gasteiger partial charge < -0.3 is 15.8 Å². The van der Waals surface area contributed by atoms with Gasteiger partial charge in [0.25, 0.3) is 5.91 Å². The molecule has 1 amide bonds. The van der Waals surface area contributed by atoms with Crippen LogP contribution in [0, 0.1) is 0 Å². The van der Waals surface area contributed by atoms with Gasteiger partial charge in [0.05, 0.1) is 0 Å². The Kier molecular flexibility index (Phi) is 10.9. The Bertz CT molecular complexity index is 387. The molecule has 0 radical (unpaired) electrons. The fourth-order valence-corrected chi connectivity index (χ4v) is 2.09. The number of nitrogens with two attached hydrogens (primary N) is 1. The van der Waals surface area contributed by atoms with E-state index in [0.29, 0.717) is 13.2 Å².